The van der Waals surface area contributed by atoms with Crippen molar-refractivity contribution in [2.24, 2.45) is 0 Å². The van der Waals surface area contributed by atoms with Crippen LogP contribution in [0, 0.1) is 0 Å². The second-order valence-electron chi connectivity index (χ2n) is 10.2. The third-order valence-electron chi connectivity index (χ3n) is 7.89. The molecule has 0 aliphatic carbocycles. The maximum absolute atomic E-state index is 13.8. The fourth-order valence-corrected chi connectivity index (χ4v) is 7.49. The Morgan fingerprint density at radius 2 is 1.62 bits per heavy atom. The van der Waals surface area contributed by atoms with E-state index in [1.54, 1.807) is 30.6 Å². The zero-order valence-electron chi connectivity index (χ0n) is 21.6. The minimum Gasteiger partial charge on any atom is -0.323 e. The molecule has 0 bridgehead atoms. The Kier molecular flexibility index (Phi) is 6.88. The van der Waals surface area contributed by atoms with Gasteiger partial charge in [0, 0.05) is 49.5 Å². The quantitative estimate of drug-likeness (QED) is 0.385. The smallest absolute Gasteiger partial charge is 0.245 e. The van der Waals surface area contributed by atoms with E-state index in [4.69, 9.17) is 0 Å². The average Bonchev–Trinajstić information content (AvgIpc) is 3.22. The predicted octanol–water partition coefficient (Wildman–Crippen LogP) is 3.40. The van der Waals surface area contributed by atoms with Gasteiger partial charge in [-0.2, -0.15) is 4.31 Å². The molecule has 4 heterocycles. The van der Waals surface area contributed by atoms with Gasteiger partial charge in [0.25, 0.3) is 0 Å². The minimum atomic E-state index is -3.75. The monoisotopic (exact) mass is 541 g/mol. The average molecular weight is 542 g/mol. The minimum absolute atomic E-state index is 0.0596. The van der Waals surface area contributed by atoms with E-state index in [9.17, 15) is 13.2 Å². The Hall–Kier alpha value is -3.66. The van der Waals surface area contributed by atoms with Gasteiger partial charge in [-0.1, -0.05) is 54.6 Å². The van der Waals surface area contributed by atoms with Gasteiger partial charge in [-0.15, -0.1) is 0 Å². The Labute approximate surface area is 228 Å². The van der Waals surface area contributed by atoms with E-state index >= 15 is 0 Å². The van der Waals surface area contributed by atoms with Crippen molar-refractivity contribution in [1.82, 2.24) is 24.5 Å². The van der Waals surface area contributed by atoms with Gasteiger partial charge in [-0.3, -0.25) is 20.1 Å². The van der Waals surface area contributed by atoms with Crippen LogP contribution in [0.25, 0.3) is 10.9 Å². The molecule has 0 saturated carbocycles. The molecule has 4 aromatic rings. The third-order valence-corrected chi connectivity index (χ3v) is 9.82. The first-order chi connectivity index (χ1) is 19.0. The number of carbonyl (C=O) groups is 1. The Morgan fingerprint density at radius 1 is 0.872 bits per heavy atom. The third kappa shape index (κ3) is 4.93. The molecule has 200 valence electrons. The van der Waals surface area contributed by atoms with Crippen molar-refractivity contribution in [2.75, 3.05) is 19.6 Å². The van der Waals surface area contributed by atoms with Crippen LogP contribution in [0.3, 0.4) is 0 Å². The van der Waals surface area contributed by atoms with E-state index < -0.39 is 15.7 Å². The van der Waals surface area contributed by atoms with Crippen LogP contribution in [0.5, 0.6) is 0 Å². The Morgan fingerprint density at radius 3 is 2.38 bits per heavy atom. The summed E-state index contributed by atoms with van der Waals surface area (Å²) in [4.78, 5) is 24.7. The lowest BCUT2D eigenvalue weighted by Crippen LogP contribution is -2.59. The number of sulfonamides is 1. The molecule has 0 unspecified atom stereocenters. The maximum atomic E-state index is 13.8. The summed E-state index contributed by atoms with van der Waals surface area (Å²) in [5.74, 6) is 0.0596. The molecule has 2 saturated heterocycles. The number of para-hydroxylation sites is 1. The number of pyridine rings is 2. The summed E-state index contributed by atoms with van der Waals surface area (Å²) in [6.07, 6.45) is 5.61. The number of carbonyl (C=O) groups excluding carboxylic acids is 1. The number of rotatable bonds is 7. The molecule has 2 aromatic carbocycles. The summed E-state index contributed by atoms with van der Waals surface area (Å²) < 4.78 is 29.0. The van der Waals surface area contributed by atoms with Crippen LogP contribution in [0.1, 0.15) is 24.1 Å². The lowest BCUT2D eigenvalue weighted by Gasteiger charge is -2.44. The van der Waals surface area contributed by atoms with E-state index in [1.165, 1.54) is 4.31 Å². The molecule has 2 aliphatic rings. The van der Waals surface area contributed by atoms with Crippen molar-refractivity contribution in [3.8, 4) is 0 Å². The molecule has 2 fully saturated rings. The Bertz CT molecular complexity index is 1570. The van der Waals surface area contributed by atoms with Gasteiger partial charge in [-0.25, -0.2) is 8.42 Å². The van der Waals surface area contributed by atoms with E-state index in [0.717, 1.165) is 16.6 Å². The highest BCUT2D eigenvalue weighted by molar-refractivity contribution is 7.89. The number of hydrogen-bond donors (Lipinski definition) is 1. The normalized spacial score (nSPS) is 19.6. The molecular weight excluding hydrogens is 510 g/mol. The number of aromatic nitrogens is 2. The number of nitrogens with zero attached hydrogens (tertiary/aromatic N) is 4. The summed E-state index contributed by atoms with van der Waals surface area (Å²) >= 11 is 0. The molecule has 2 aromatic heterocycles. The Balaban J connectivity index is 1.25. The van der Waals surface area contributed by atoms with Crippen molar-refractivity contribution in [3.63, 3.8) is 0 Å². The van der Waals surface area contributed by atoms with Crippen LogP contribution < -0.4 is 5.32 Å². The number of hydrogen-bond acceptors (Lipinski definition) is 6. The lowest BCUT2D eigenvalue weighted by molar-refractivity contribution is -0.133. The van der Waals surface area contributed by atoms with Gasteiger partial charge in [-0.05, 0) is 49.1 Å². The van der Waals surface area contributed by atoms with Crippen LogP contribution in [0.15, 0.2) is 96.2 Å². The molecule has 0 radical (unpaired) electrons. The van der Waals surface area contributed by atoms with Crippen LogP contribution in [0.4, 0.5) is 0 Å². The topological polar surface area (TPSA) is 95.5 Å². The molecule has 9 heteroatoms. The number of amides is 1. The highest BCUT2D eigenvalue weighted by atomic mass is 32.2. The largest absolute Gasteiger partial charge is 0.323 e. The van der Waals surface area contributed by atoms with Crippen LogP contribution in [-0.4, -0.2) is 64.8 Å². The first-order valence-corrected chi connectivity index (χ1v) is 14.8. The molecule has 39 heavy (non-hydrogen) atoms. The summed E-state index contributed by atoms with van der Waals surface area (Å²) in [5, 5.41) is 4.45. The van der Waals surface area contributed by atoms with Crippen molar-refractivity contribution in [2.45, 2.75) is 42.3 Å². The van der Waals surface area contributed by atoms with E-state index in [2.05, 4.69) is 15.3 Å². The molecule has 2 aliphatic heterocycles. The lowest BCUT2D eigenvalue weighted by atomic mass is 9.97. The van der Waals surface area contributed by atoms with Gasteiger partial charge in [0.1, 0.15) is 4.90 Å². The summed E-state index contributed by atoms with van der Waals surface area (Å²) in [5.41, 5.74) is 1.90. The molecule has 1 amide bonds. The summed E-state index contributed by atoms with van der Waals surface area (Å²) in [6.45, 7) is 1.14. The van der Waals surface area contributed by atoms with Gasteiger partial charge in [0.2, 0.25) is 15.9 Å². The molecule has 8 nitrogen and oxygen atoms in total. The summed E-state index contributed by atoms with van der Waals surface area (Å²) in [7, 11) is -3.75. The van der Waals surface area contributed by atoms with Gasteiger partial charge in [0.05, 0.1) is 17.2 Å². The first-order valence-electron chi connectivity index (χ1n) is 13.3. The van der Waals surface area contributed by atoms with E-state index in [0.29, 0.717) is 50.8 Å². The van der Waals surface area contributed by atoms with Crippen molar-refractivity contribution in [1.29, 1.82) is 0 Å². The van der Waals surface area contributed by atoms with Gasteiger partial charge < -0.3 is 4.90 Å². The second-order valence-corrected chi connectivity index (χ2v) is 12.1. The molecule has 1 N–H and O–H groups in total. The fourth-order valence-electron chi connectivity index (χ4n) is 5.88. The van der Waals surface area contributed by atoms with Crippen molar-refractivity contribution in [3.05, 3.63) is 103 Å². The van der Waals surface area contributed by atoms with E-state index in [-0.39, 0.29) is 16.8 Å². The zero-order valence-corrected chi connectivity index (χ0v) is 22.4. The second kappa shape index (κ2) is 10.5. The predicted molar refractivity (Wildman–Crippen MR) is 149 cm³/mol. The number of benzene rings is 2. The van der Waals surface area contributed by atoms with E-state index in [1.807, 2.05) is 65.6 Å². The number of fused-ring (bicyclic) bond motifs is 1. The first kappa shape index (κ1) is 25.6. The zero-order chi connectivity index (χ0) is 26.9. The SMILES string of the molecule is O=C1[C@@H](Cc2ccccc2)NC2(CCN(S(=O)(=O)c3cccc4cccnc34)CC2)N1CCc1ccccn1. The summed E-state index contributed by atoms with van der Waals surface area (Å²) in [6, 6.07) is 24.4. The van der Waals surface area contributed by atoms with Crippen molar-refractivity contribution < 1.29 is 13.2 Å². The maximum Gasteiger partial charge on any atom is 0.245 e. The molecular formula is C30H31N5O3S. The molecule has 6 rings (SSSR count). The number of piperidine rings is 1. The van der Waals surface area contributed by atoms with Crippen LogP contribution in [-0.2, 0) is 27.7 Å². The van der Waals surface area contributed by atoms with Crippen molar-refractivity contribution >= 4 is 26.8 Å². The number of nitrogens with one attached hydrogen (secondary N) is 1. The highest BCUT2D eigenvalue weighted by Gasteiger charge is 2.52. The molecule has 1 spiro atoms. The molecule has 1 atom stereocenters. The van der Waals surface area contributed by atoms with Crippen LogP contribution >= 0.6 is 0 Å². The standard InChI is InChI=1S/C30H31N5O3S/c36-29-26(22-23-8-2-1-3-9-23)33-30(35(29)19-14-25-12-4-5-17-31-25)15-20-34(21-16-30)39(37,38)27-13-6-10-24-11-7-18-32-28(24)27/h1-13,17-18,26,33H,14-16,19-22H2/t26-/m1/s1. The highest BCUT2D eigenvalue weighted by Crippen LogP contribution is 2.36. The fraction of sp³-hybridized carbons (Fsp3) is 0.300. The van der Waals surface area contributed by atoms with Gasteiger partial charge in [0.15, 0.2) is 0 Å². The van der Waals surface area contributed by atoms with Gasteiger partial charge >= 0.3 is 0 Å². The van der Waals surface area contributed by atoms with Crippen LogP contribution in [0.2, 0.25) is 0 Å².